The molecule has 0 spiro atoms. The summed E-state index contributed by atoms with van der Waals surface area (Å²) in [6, 6.07) is 6.02. The van der Waals surface area contributed by atoms with E-state index < -0.39 is 21.2 Å². The zero-order chi connectivity index (χ0) is 12.3. The van der Waals surface area contributed by atoms with Gasteiger partial charge in [-0.1, -0.05) is 0 Å². The first kappa shape index (κ1) is 12.5. The largest absolute Gasteiger partial charge is 0.399 e. The van der Waals surface area contributed by atoms with Crippen molar-refractivity contribution in [2.75, 3.05) is 5.73 Å². The summed E-state index contributed by atoms with van der Waals surface area (Å²) in [5.41, 5.74) is 6.23. The fraction of sp³-hybridized carbons (Fsp3) is 0.300. The van der Waals surface area contributed by atoms with Crippen LogP contribution in [0, 0.1) is 0 Å². The van der Waals surface area contributed by atoms with Crippen LogP contribution >= 0.6 is 0 Å². The number of sulfonamides is 1. The summed E-state index contributed by atoms with van der Waals surface area (Å²) in [5, 5.41) is -0.648. The molecule has 0 bridgehead atoms. The average Bonchev–Trinajstić information content (AvgIpc) is 2.17. The lowest BCUT2D eigenvalue weighted by Crippen LogP contribution is -2.35. The van der Waals surface area contributed by atoms with Gasteiger partial charge in [0.2, 0.25) is 10.0 Å². The van der Waals surface area contributed by atoms with Gasteiger partial charge in [-0.3, -0.25) is 4.79 Å². The van der Waals surface area contributed by atoms with E-state index in [2.05, 4.69) is 0 Å². The first-order valence-corrected chi connectivity index (χ1v) is 6.29. The Morgan fingerprint density at radius 3 is 2.19 bits per heavy atom. The number of hydrogen-bond donors (Lipinski definition) is 2. The van der Waals surface area contributed by atoms with Crippen molar-refractivity contribution in [2.24, 2.45) is 0 Å². The van der Waals surface area contributed by atoms with E-state index in [9.17, 15) is 13.2 Å². The van der Waals surface area contributed by atoms with Crippen LogP contribution in [-0.2, 0) is 10.0 Å². The van der Waals surface area contributed by atoms with Crippen LogP contribution in [0.25, 0.3) is 0 Å². The van der Waals surface area contributed by atoms with Gasteiger partial charge in [-0.2, -0.15) is 0 Å². The summed E-state index contributed by atoms with van der Waals surface area (Å²) in [5.74, 6) is -0.645. The number of carbonyl (C=O) groups excluding carboxylic acids is 1. The second-order valence-electron chi connectivity index (χ2n) is 3.65. The second kappa shape index (κ2) is 4.52. The lowest BCUT2D eigenvalue weighted by molar-refractivity contribution is 0.0981. The van der Waals surface area contributed by atoms with Gasteiger partial charge >= 0.3 is 0 Å². The molecular formula is C10H14N2O3S. The molecule has 0 atom stereocenters. The van der Waals surface area contributed by atoms with Crippen LogP contribution in [-0.4, -0.2) is 19.6 Å². The topological polar surface area (TPSA) is 89.3 Å². The van der Waals surface area contributed by atoms with E-state index in [0.29, 0.717) is 5.69 Å². The van der Waals surface area contributed by atoms with Gasteiger partial charge < -0.3 is 5.73 Å². The smallest absolute Gasteiger partial charge is 0.264 e. The van der Waals surface area contributed by atoms with Crippen molar-refractivity contribution in [3.05, 3.63) is 29.8 Å². The maximum atomic E-state index is 11.5. The lowest BCUT2D eigenvalue weighted by atomic mass is 10.2. The Morgan fingerprint density at radius 1 is 1.25 bits per heavy atom. The summed E-state index contributed by atoms with van der Waals surface area (Å²) in [6.07, 6.45) is 0. The van der Waals surface area contributed by atoms with Crippen LogP contribution in [0.15, 0.2) is 24.3 Å². The highest BCUT2D eigenvalue weighted by Crippen LogP contribution is 2.06. The van der Waals surface area contributed by atoms with E-state index in [-0.39, 0.29) is 5.56 Å². The minimum absolute atomic E-state index is 0.262. The molecule has 5 nitrogen and oxygen atoms in total. The van der Waals surface area contributed by atoms with Crippen molar-refractivity contribution in [3.63, 3.8) is 0 Å². The molecule has 3 N–H and O–H groups in total. The Balaban J connectivity index is 2.85. The molecule has 0 heterocycles. The quantitative estimate of drug-likeness (QED) is 0.765. The van der Waals surface area contributed by atoms with Gasteiger partial charge in [0.25, 0.3) is 5.91 Å². The average molecular weight is 242 g/mol. The van der Waals surface area contributed by atoms with Gasteiger partial charge in [0, 0.05) is 11.3 Å². The summed E-state index contributed by atoms with van der Waals surface area (Å²) in [6.45, 7) is 3.00. The summed E-state index contributed by atoms with van der Waals surface area (Å²) in [4.78, 5) is 11.5. The molecule has 1 aromatic rings. The number of amides is 1. The van der Waals surface area contributed by atoms with Crippen LogP contribution in [0.4, 0.5) is 5.69 Å². The number of nitrogens with one attached hydrogen (secondary N) is 1. The van der Waals surface area contributed by atoms with E-state index in [1.54, 1.807) is 0 Å². The maximum Gasteiger partial charge on any atom is 0.264 e. The van der Waals surface area contributed by atoms with E-state index in [1.807, 2.05) is 4.72 Å². The first-order chi connectivity index (χ1) is 7.33. The van der Waals surface area contributed by atoms with E-state index in [0.717, 1.165) is 0 Å². The highest BCUT2D eigenvalue weighted by Gasteiger charge is 2.19. The molecule has 0 aliphatic rings. The molecule has 0 saturated carbocycles. The molecule has 0 unspecified atom stereocenters. The molecule has 16 heavy (non-hydrogen) atoms. The number of rotatable bonds is 3. The Hall–Kier alpha value is -1.56. The molecule has 0 radical (unpaired) electrons. The van der Waals surface area contributed by atoms with Gasteiger partial charge in [0.05, 0.1) is 5.25 Å². The third-order valence-corrected chi connectivity index (χ3v) is 3.74. The van der Waals surface area contributed by atoms with Crippen molar-refractivity contribution in [3.8, 4) is 0 Å². The van der Waals surface area contributed by atoms with E-state index in [1.165, 1.54) is 38.1 Å². The van der Waals surface area contributed by atoms with Crippen molar-refractivity contribution < 1.29 is 13.2 Å². The maximum absolute atomic E-state index is 11.5. The Bertz CT molecular complexity index is 477. The molecule has 6 heteroatoms. The van der Waals surface area contributed by atoms with Crippen molar-refractivity contribution in [1.82, 2.24) is 4.72 Å². The van der Waals surface area contributed by atoms with Crippen LogP contribution in [0.5, 0.6) is 0 Å². The number of carbonyl (C=O) groups is 1. The van der Waals surface area contributed by atoms with Crippen molar-refractivity contribution in [1.29, 1.82) is 0 Å². The summed E-state index contributed by atoms with van der Waals surface area (Å²) < 4.78 is 24.8. The first-order valence-electron chi connectivity index (χ1n) is 4.74. The van der Waals surface area contributed by atoms with Crippen LogP contribution < -0.4 is 10.5 Å². The highest BCUT2D eigenvalue weighted by molar-refractivity contribution is 7.90. The fourth-order valence-corrected chi connectivity index (χ4v) is 1.55. The predicted molar refractivity (Wildman–Crippen MR) is 62.4 cm³/mol. The van der Waals surface area contributed by atoms with Gasteiger partial charge in [0.1, 0.15) is 0 Å². The molecule has 0 fully saturated rings. The Kier molecular flexibility index (Phi) is 3.54. The molecule has 1 aromatic carbocycles. The molecule has 1 amide bonds. The molecule has 88 valence electrons. The number of nitrogens with two attached hydrogens (primary N) is 1. The minimum Gasteiger partial charge on any atom is -0.399 e. The molecule has 0 aliphatic carbocycles. The summed E-state index contributed by atoms with van der Waals surface area (Å²) >= 11 is 0. The fourth-order valence-electron chi connectivity index (χ4n) is 0.940. The standard InChI is InChI=1S/C10H14N2O3S/c1-7(2)16(14,15)12-10(13)8-3-5-9(11)6-4-8/h3-7H,11H2,1-2H3,(H,12,13). The van der Waals surface area contributed by atoms with Gasteiger partial charge in [-0.15, -0.1) is 0 Å². The van der Waals surface area contributed by atoms with Crippen molar-refractivity contribution in [2.45, 2.75) is 19.1 Å². The van der Waals surface area contributed by atoms with Gasteiger partial charge in [-0.05, 0) is 38.1 Å². The number of hydrogen-bond acceptors (Lipinski definition) is 4. The van der Waals surface area contributed by atoms with Crippen LogP contribution in [0.3, 0.4) is 0 Å². The number of anilines is 1. The zero-order valence-corrected chi connectivity index (χ0v) is 9.91. The molecule has 0 aromatic heterocycles. The molecule has 0 aliphatic heterocycles. The number of nitrogen functional groups attached to an aromatic ring is 1. The molecule has 1 rings (SSSR count). The van der Waals surface area contributed by atoms with E-state index in [4.69, 9.17) is 5.73 Å². The lowest BCUT2D eigenvalue weighted by Gasteiger charge is -2.09. The second-order valence-corrected chi connectivity index (χ2v) is 5.88. The van der Waals surface area contributed by atoms with Gasteiger partial charge in [-0.25, -0.2) is 13.1 Å². The Morgan fingerprint density at radius 2 is 1.75 bits per heavy atom. The Labute approximate surface area is 94.7 Å². The zero-order valence-electron chi connectivity index (χ0n) is 9.10. The SMILES string of the molecule is CC(C)S(=O)(=O)NC(=O)c1ccc(N)cc1. The van der Waals surface area contributed by atoms with Gasteiger partial charge in [0.15, 0.2) is 0 Å². The van der Waals surface area contributed by atoms with Crippen molar-refractivity contribution >= 4 is 21.6 Å². The number of benzene rings is 1. The van der Waals surface area contributed by atoms with E-state index >= 15 is 0 Å². The third-order valence-electron chi connectivity index (χ3n) is 2.03. The normalized spacial score (nSPS) is 11.4. The molecular weight excluding hydrogens is 228 g/mol. The predicted octanol–water partition coefficient (Wildman–Crippen LogP) is 0.737. The molecule has 0 saturated heterocycles. The van der Waals surface area contributed by atoms with Crippen LogP contribution in [0.1, 0.15) is 24.2 Å². The van der Waals surface area contributed by atoms with Crippen LogP contribution in [0.2, 0.25) is 0 Å². The third kappa shape index (κ3) is 2.96. The monoisotopic (exact) mass is 242 g/mol. The minimum atomic E-state index is -3.59. The summed E-state index contributed by atoms with van der Waals surface area (Å²) in [7, 11) is -3.59. The highest BCUT2D eigenvalue weighted by atomic mass is 32.2.